The number of nitrogens with one attached hydrogen (secondary N) is 1. The van der Waals surface area contributed by atoms with Crippen molar-refractivity contribution < 1.29 is 4.39 Å². The van der Waals surface area contributed by atoms with Crippen LogP contribution in [0.15, 0.2) is 0 Å². The number of hydrogen-bond acceptors (Lipinski definition) is 1. The lowest BCUT2D eigenvalue weighted by Crippen LogP contribution is -2.38. The maximum atomic E-state index is 12.5. The van der Waals surface area contributed by atoms with E-state index in [4.69, 9.17) is 0 Å². The molecule has 2 atom stereocenters. The fraction of sp³-hybridized carbons (Fsp3) is 1.00. The summed E-state index contributed by atoms with van der Waals surface area (Å²) in [7, 11) is 0. The third-order valence-corrected chi connectivity index (χ3v) is 2.73. The molecule has 3 heteroatoms. The minimum atomic E-state index is -0.621. The van der Waals surface area contributed by atoms with E-state index in [0.717, 1.165) is 13.0 Å². The highest BCUT2D eigenvalue weighted by Gasteiger charge is 2.20. The molecular formula is C5H9FIN. The minimum absolute atomic E-state index is 0.244. The lowest BCUT2D eigenvalue weighted by atomic mass is 10.1. The standard InChI is InChI=1S/C5H9FIN/c6-4-3-8-2-1-5(4)7/h4-5,8H,1-3H2/t4-,5+/m0/s1. The second kappa shape index (κ2) is 2.96. The molecule has 0 radical (unpaired) electrons. The van der Waals surface area contributed by atoms with Crippen LogP contribution in [0.1, 0.15) is 6.42 Å². The van der Waals surface area contributed by atoms with Gasteiger partial charge in [0.15, 0.2) is 0 Å². The molecule has 0 spiro atoms. The molecule has 1 fully saturated rings. The Bertz CT molecular complexity index is 68.8. The van der Waals surface area contributed by atoms with Gasteiger partial charge in [0.1, 0.15) is 6.17 Å². The van der Waals surface area contributed by atoms with Gasteiger partial charge in [-0.1, -0.05) is 22.6 Å². The molecule has 1 saturated heterocycles. The molecule has 1 aliphatic rings. The second-order valence-corrected chi connectivity index (χ2v) is 3.62. The van der Waals surface area contributed by atoms with E-state index < -0.39 is 6.17 Å². The van der Waals surface area contributed by atoms with E-state index in [1.807, 2.05) is 0 Å². The summed E-state index contributed by atoms with van der Waals surface area (Å²) in [6.45, 7) is 1.53. The number of piperidine rings is 1. The van der Waals surface area contributed by atoms with E-state index in [2.05, 4.69) is 27.9 Å². The van der Waals surface area contributed by atoms with E-state index in [9.17, 15) is 4.39 Å². The summed E-state index contributed by atoms with van der Waals surface area (Å²) in [4.78, 5) is 0. The van der Waals surface area contributed by atoms with Crippen LogP contribution < -0.4 is 5.32 Å². The van der Waals surface area contributed by atoms with Gasteiger partial charge in [-0.25, -0.2) is 4.39 Å². The van der Waals surface area contributed by atoms with Crippen molar-refractivity contribution in [2.45, 2.75) is 16.5 Å². The van der Waals surface area contributed by atoms with E-state index >= 15 is 0 Å². The summed E-state index contributed by atoms with van der Waals surface area (Å²) in [5.41, 5.74) is 0. The highest BCUT2D eigenvalue weighted by atomic mass is 127. The molecule has 0 aromatic heterocycles. The quantitative estimate of drug-likeness (QED) is 0.484. The lowest BCUT2D eigenvalue weighted by molar-refractivity contribution is 0.282. The highest BCUT2D eigenvalue weighted by Crippen LogP contribution is 2.15. The number of alkyl halides is 2. The van der Waals surface area contributed by atoms with E-state index in [-0.39, 0.29) is 3.92 Å². The van der Waals surface area contributed by atoms with Crippen molar-refractivity contribution in [1.29, 1.82) is 0 Å². The van der Waals surface area contributed by atoms with Crippen molar-refractivity contribution in [3.63, 3.8) is 0 Å². The highest BCUT2D eigenvalue weighted by molar-refractivity contribution is 14.1. The van der Waals surface area contributed by atoms with Crippen LogP contribution in [0, 0.1) is 0 Å². The van der Waals surface area contributed by atoms with E-state index in [1.54, 1.807) is 0 Å². The van der Waals surface area contributed by atoms with Crippen molar-refractivity contribution >= 4 is 22.6 Å². The molecule has 0 aliphatic carbocycles. The summed E-state index contributed by atoms with van der Waals surface area (Å²) >= 11 is 2.17. The van der Waals surface area contributed by atoms with Crippen molar-refractivity contribution in [2.24, 2.45) is 0 Å². The number of hydrogen-bond donors (Lipinski definition) is 1. The SMILES string of the molecule is F[C@H]1CNCC[C@H]1I. The Balaban J connectivity index is 2.28. The molecule has 0 unspecified atom stereocenters. The summed E-state index contributed by atoms with van der Waals surface area (Å²) in [5, 5.41) is 2.99. The first-order chi connectivity index (χ1) is 3.80. The second-order valence-electron chi connectivity index (χ2n) is 2.02. The molecule has 1 heterocycles. The van der Waals surface area contributed by atoms with Crippen LogP contribution in [-0.4, -0.2) is 23.2 Å². The Hall–Kier alpha value is 0.620. The molecule has 0 bridgehead atoms. The van der Waals surface area contributed by atoms with Gasteiger partial charge in [0.25, 0.3) is 0 Å². The van der Waals surface area contributed by atoms with Crippen LogP contribution in [0.3, 0.4) is 0 Å². The lowest BCUT2D eigenvalue weighted by Gasteiger charge is -2.21. The molecule has 1 rings (SSSR count). The van der Waals surface area contributed by atoms with Gasteiger partial charge in [0.2, 0.25) is 0 Å². The maximum absolute atomic E-state index is 12.5. The van der Waals surface area contributed by atoms with Gasteiger partial charge in [0, 0.05) is 10.5 Å². The van der Waals surface area contributed by atoms with E-state index in [0.29, 0.717) is 6.54 Å². The Morgan fingerprint density at radius 3 is 2.75 bits per heavy atom. The van der Waals surface area contributed by atoms with Gasteiger partial charge in [-0.3, -0.25) is 0 Å². The predicted molar refractivity (Wildman–Crippen MR) is 40.2 cm³/mol. The molecule has 8 heavy (non-hydrogen) atoms. The Morgan fingerprint density at radius 1 is 1.62 bits per heavy atom. The maximum Gasteiger partial charge on any atom is 0.124 e. The normalized spacial score (nSPS) is 39.8. The van der Waals surface area contributed by atoms with Crippen LogP contribution >= 0.6 is 22.6 Å². The third-order valence-electron chi connectivity index (χ3n) is 1.33. The Labute approximate surface area is 62.2 Å². The first-order valence-corrected chi connectivity index (χ1v) is 4.04. The summed E-state index contributed by atoms with van der Waals surface area (Å²) in [6.07, 6.45) is 0.353. The summed E-state index contributed by atoms with van der Waals surface area (Å²) in [5.74, 6) is 0. The molecule has 0 aromatic carbocycles. The Morgan fingerprint density at radius 2 is 2.38 bits per heavy atom. The van der Waals surface area contributed by atoms with Crippen LogP contribution in [-0.2, 0) is 0 Å². The van der Waals surface area contributed by atoms with Gasteiger partial charge in [0.05, 0.1) is 0 Å². The van der Waals surface area contributed by atoms with Crippen LogP contribution in [0.2, 0.25) is 0 Å². The molecule has 48 valence electrons. The van der Waals surface area contributed by atoms with Crippen LogP contribution in [0.4, 0.5) is 4.39 Å². The first kappa shape index (κ1) is 6.74. The fourth-order valence-corrected chi connectivity index (χ4v) is 1.35. The number of halogens is 2. The molecule has 1 nitrogen and oxygen atoms in total. The molecule has 0 saturated carbocycles. The smallest absolute Gasteiger partial charge is 0.124 e. The fourth-order valence-electron chi connectivity index (χ4n) is 0.789. The first-order valence-electron chi connectivity index (χ1n) is 2.79. The summed E-state index contributed by atoms with van der Waals surface area (Å²) in [6, 6.07) is 0. The zero-order valence-electron chi connectivity index (χ0n) is 4.53. The molecular weight excluding hydrogens is 220 g/mol. The summed E-state index contributed by atoms with van der Waals surface area (Å²) < 4.78 is 12.8. The molecule has 0 aromatic rings. The van der Waals surface area contributed by atoms with Gasteiger partial charge in [-0.2, -0.15) is 0 Å². The largest absolute Gasteiger partial charge is 0.314 e. The minimum Gasteiger partial charge on any atom is -0.314 e. The van der Waals surface area contributed by atoms with Gasteiger partial charge < -0.3 is 5.32 Å². The van der Waals surface area contributed by atoms with Crippen LogP contribution in [0.5, 0.6) is 0 Å². The van der Waals surface area contributed by atoms with Gasteiger partial charge >= 0.3 is 0 Å². The Kier molecular flexibility index (Phi) is 2.49. The third kappa shape index (κ3) is 1.55. The number of rotatable bonds is 0. The van der Waals surface area contributed by atoms with Crippen molar-refractivity contribution in [1.82, 2.24) is 5.32 Å². The van der Waals surface area contributed by atoms with E-state index in [1.165, 1.54) is 0 Å². The van der Waals surface area contributed by atoms with Crippen LogP contribution in [0.25, 0.3) is 0 Å². The van der Waals surface area contributed by atoms with Crippen molar-refractivity contribution in [3.05, 3.63) is 0 Å². The zero-order chi connectivity index (χ0) is 5.98. The monoisotopic (exact) mass is 229 g/mol. The average Bonchev–Trinajstić information content (AvgIpc) is 1.77. The molecule has 1 N–H and O–H groups in total. The zero-order valence-corrected chi connectivity index (χ0v) is 6.69. The molecule has 0 amide bonds. The van der Waals surface area contributed by atoms with Gasteiger partial charge in [-0.05, 0) is 13.0 Å². The van der Waals surface area contributed by atoms with Crippen molar-refractivity contribution in [2.75, 3.05) is 13.1 Å². The van der Waals surface area contributed by atoms with Gasteiger partial charge in [-0.15, -0.1) is 0 Å². The predicted octanol–water partition coefficient (Wildman–Crippen LogP) is 1.12. The molecule has 1 aliphatic heterocycles. The average molecular weight is 229 g/mol. The van der Waals surface area contributed by atoms with Crippen molar-refractivity contribution in [3.8, 4) is 0 Å². The topological polar surface area (TPSA) is 12.0 Å².